The van der Waals surface area contributed by atoms with Crippen molar-refractivity contribution in [2.45, 2.75) is 12.5 Å². The molecule has 0 spiro atoms. The van der Waals surface area contributed by atoms with Crippen molar-refractivity contribution in [3.05, 3.63) is 64.2 Å². The molecule has 23 heavy (non-hydrogen) atoms. The van der Waals surface area contributed by atoms with Crippen LogP contribution in [-0.2, 0) is 11.2 Å². The summed E-state index contributed by atoms with van der Waals surface area (Å²) < 4.78 is 5.46. The van der Waals surface area contributed by atoms with E-state index >= 15 is 0 Å². The quantitative estimate of drug-likeness (QED) is 0.910. The second-order valence-electron chi connectivity index (χ2n) is 4.75. The molecule has 1 atom stereocenters. The lowest BCUT2D eigenvalue weighted by Crippen LogP contribution is -2.29. The Kier molecular flexibility index (Phi) is 5.19. The van der Waals surface area contributed by atoms with Gasteiger partial charge in [-0.1, -0.05) is 23.7 Å². The summed E-state index contributed by atoms with van der Waals surface area (Å²) in [7, 11) is 0. The predicted octanol–water partition coefficient (Wildman–Crippen LogP) is 3.16. The summed E-state index contributed by atoms with van der Waals surface area (Å²) >= 11 is 5.89. The second kappa shape index (κ2) is 7.31. The van der Waals surface area contributed by atoms with Crippen LogP contribution < -0.4 is 4.74 Å². The maximum absolute atomic E-state index is 11.4. The van der Waals surface area contributed by atoms with Crippen LogP contribution in [0, 0.1) is 22.7 Å². The van der Waals surface area contributed by atoms with Gasteiger partial charge < -0.3 is 9.84 Å². The Labute approximate surface area is 137 Å². The molecule has 0 amide bonds. The first-order valence-corrected chi connectivity index (χ1v) is 6.99. The number of halogens is 1. The first kappa shape index (κ1) is 16.4. The van der Waals surface area contributed by atoms with Crippen molar-refractivity contribution in [1.29, 1.82) is 10.5 Å². The summed E-state index contributed by atoms with van der Waals surface area (Å²) in [6.45, 7) is 0. The van der Waals surface area contributed by atoms with E-state index in [0.717, 1.165) is 0 Å². The standard InChI is InChI=1S/C17H11ClN2O3/c18-14-3-1-2-11(5-14)8-16(17(21)22)23-15-6-12(9-19)4-13(7-15)10-20/h1-7,16H,8H2,(H,21,22)/t16-/m1/s1. The summed E-state index contributed by atoms with van der Waals surface area (Å²) in [6, 6.07) is 14.8. The number of carboxylic acids is 1. The Hall–Kier alpha value is -3.02. The molecule has 0 bridgehead atoms. The highest BCUT2D eigenvalue weighted by molar-refractivity contribution is 6.30. The van der Waals surface area contributed by atoms with E-state index in [2.05, 4.69) is 0 Å². The van der Waals surface area contributed by atoms with E-state index in [1.165, 1.54) is 18.2 Å². The molecule has 5 nitrogen and oxygen atoms in total. The van der Waals surface area contributed by atoms with Gasteiger partial charge in [-0.2, -0.15) is 10.5 Å². The first-order valence-electron chi connectivity index (χ1n) is 6.61. The Balaban J connectivity index is 2.25. The SMILES string of the molecule is N#Cc1cc(C#N)cc(O[C@H](Cc2cccc(Cl)c2)C(=O)O)c1. The van der Waals surface area contributed by atoms with Gasteiger partial charge in [0, 0.05) is 11.4 Å². The monoisotopic (exact) mass is 326 g/mol. The van der Waals surface area contributed by atoms with E-state index in [9.17, 15) is 9.90 Å². The van der Waals surface area contributed by atoms with E-state index < -0.39 is 12.1 Å². The molecule has 2 aromatic rings. The molecule has 0 aliphatic heterocycles. The molecule has 0 heterocycles. The van der Waals surface area contributed by atoms with Crippen LogP contribution in [0.3, 0.4) is 0 Å². The number of hydrogen-bond donors (Lipinski definition) is 1. The molecular weight excluding hydrogens is 316 g/mol. The van der Waals surface area contributed by atoms with Crippen molar-refractivity contribution in [3.63, 3.8) is 0 Å². The van der Waals surface area contributed by atoms with Crippen LogP contribution in [0.1, 0.15) is 16.7 Å². The van der Waals surface area contributed by atoms with Gasteiger partial charge in [0.2, 0.25) is 0 Å². The third-order valence-electron chi connectivity index (χ3n) is 3.03. The lowest BCUT2D eigenvalue weighted by Gasteiger charge is -2.16. The highest BCUT2D eigenvalue weighted by atomic mass is 35.5. The van der Waals surface area contributed by atoms with Crippen LogP contribution in [0.25, 0.3) is 0 Å². The van der Waals surface area contributed by atoms with E-state index in [4.69, 9.17) is 26.9 Å². The smallest absolute Gasteiger partial charge is 0.345 e. The van der Waals surface area contributed by atoms with Crippen LogP contribution in [0.2, 0.25) is 5.02 Å². The van der Waals surface area contributed by atoms with Crippen molar-refractivity contribution in [3.8, 4) is 17.9 Å². The van der Waals surface area contributed by atoms with Gasteiger partial charge in [0.25, 0.3) is 0 Å². The fourth-order valence-electron chi connectivity index (χ4n) is 2.02. The number of ether oxygens (including phenoxy) is 1. The predicted molar refractivity (Wildman–Crippen MR) is 83.1 cm³/mol. The van der Waals surface area contributed by atoms with Gasteiger partial charge in [0.15, 0.2) is 6.10 Å². The van der Waals surface area contributed by atoms with E-state index in [0.29, 0.717) is 10.6 Å². The molecule has 0 unspecified atom stereocenters. The third kappa shape index (κ3) is 4.47. The molecule has 2 aromatic carbocycles. The Morgan fingerprint density at radius 3 is 2.35 bits per heavy atom. The molecule has 114 valence electrons. The zero-order valence-electron chi connectivity index (χ0n) is 11.9. The normalized spacial score (nSPS) is 11.1. The minimum absolute atomic E-state index is 0.106. The van der Waals surface area contributed by atoms with Crippen molar-refractivity contribution in [2.24, 2.45) is 0 Å². The minimum Gasteiger partial charge on any atom is -0.478 e. The molecule has 0 aliphatic carbocycles. The number of aliphatic carboxylic acids is 1. The van der Waals surface area contributed by atoms with E-state index in [-0.39, 0.29) is 23.3 Å². The molecule has 6 heteroatoms. The molecule has 2 rings (SSSR count). The van der Waals surface area contributed by atoms with Crippen LogP contribution in [0.5, 0.6) is 5.75 Å². The van der Waals surface area contributed by atoms with Crippen LogP contribution in [0.15, 0.2) is 42.5 Å². The summed E-state index contributed by atoms with van der Waals surface area (Å²) in [4.78, 5) is 11.4. The number of nitrogens with zero attached hydrogens (tertiary/aromatic N) is 2. The fourth-order valence-corrected chi connectivity index (χ4v) is 2.23. The number of nitriles is 2. The van der Waals surface area contributed by atoms with Gasteiger partial charge in [0.1, 0.15) is 5.75 Å². The average Bonchev–Trinajstić information content (AvgIpc) is 2.53. The molecule has 0 aliphatic rings. The summed E-state index contributed by atoms with van der Waals surface area (Å²) in [5.74, 6) is -0.985. The van der Waals surface area contributed by atoms with Crippen LogP contribution in [-0.4, -0.2) is 17.2 Å². The van der Waals surface area contributed by atoms with Gasteiger partial charge in [-0.25, -0.2) is 4.79 Å². The first-order chi connectivity index (χ1) is 11.0. The Morgan fingerprint density at radius 1 is 1.17 bits per heavy atom. The molecule has 1 N–H and O–H groups in total. The van der Waals surface area contributed by atoms with E-state index in [1.54, 1.807) is 24.3 Å². The molecule has 0 fully saturated rings. The van der Waals surface area contributed by atoms with Gasteiger partial charge in [0.05, 0.1) is 23.3 Å². The van der Waals surface area contributed by atoms with Crippen LogP contribution >= 0.6 is 11.6 Å². The molecule has 0 aromatic heterocycles. The average molecular weight is 327 g/mol. The number of benzene rings is 2. The molecule has 0 radical (unpaired) electrons. The fraction of sp³-hybridized carbons (Fsp3) is 0.118. The molecule has 0 saturated carbocycles. The van der Waals surface area contributed by atoms with Crippen molar-refractivity contribution in [2.75, 3.05) is 0 Å². The number of rotatable bonds is 5. The van der Waals surface area contributed by atoms with Crippen molar-refractivity contribution >= 4 is 17.6 Å². The van der Waals surface area contributed by atoms with Gasteiger partial charge >= 0.3 is 5.97 Å². The zero-order valence-corrected chi connectivity index (χ0v) is 12.6. The largest absolute Gasteiger partial charge is 0.478 e. The highest BCUT2D eigenvalue weighted by Gasteiger charge is 2.20. The Bertz CT molecular complexity index is 789. The zero-order chi connectivity index (χ0) is 16.8. The number of carboxylic acid groups (broad SMARTS) is 1. The lowest BCUT2D eigenvalue weighted by molar-refractivity contribution is -0.145. The Morgan fingerprint density at radius 2 is 1.83 bits per heavy atom. The summed E-state index contributed by atoms with van der Waals surface area (Å²) in [6.07, 6.45) is -1.05. The summed E-state index contributed by atoms with van der Waals surface area (Å²) in [5.41, 5.74) is 1.17. The number of carbonyl (C=O) groups is 1. The maximum Gasteiger partial charge on any atom is 0.345 e. The molecule has 0 saturated heterocycles. The van der Waals surface area contributed by atoms with E-state index in [1.807, 2.05) is 12.1 Å². The van der Waals surface area contributed by atoms with Gasteiger partial charge in [-0.3, -0.25) is 0 Å². The maximum atomic E-state index is 11.4. The van der Waals surface area contributed by atoms with Gasteiger partial charge in [-0.15, -0.1) is 0 Å². The topological polar surface area (TPSA) is 94.1 Å². The lowest BCUT2D eigenvalue weighted by atomic mass is 10.1. The second-order valence-corrected chi connectivity index (χ2v) is 5.18. The van der Waals surface area contributed by atoms with Gasteiger partial charge in [-0.05, 0) is 35.9 Å². The van der Waals surface area contributed by atoms with Crippen LogP contribution in [0.4, 0.5) is 0 Å². The number of hydrogen-bond acceptors (Lipinski definition) is 4. The highest BCUT2D eigenvalue weighted by Crippen LogP contribution is 2.20. The van der Waals surface area contributed by atoms with Crippen molar-refractivity contribution in [1.82, 2.24) is 0 Å². The third-order valence-corrected chi connectivity index (χ3v) is 3.26. The minimum atomic E-state index is -1.16. The molecular formula is C17H11ClN2O3. The summed E-state index contributed by atoms with van der Waals surface area (Å²) in [5, 5.41) is 27.7. The van der Waals surface area contributed by atoms with Crippen molar-refractivity contribution < 1.29 is 14.6 Å².